The van der Waals surface area contributed by atoms with Gasteiger partial charge in [-0.25, -0.2) is 4.98 Å². The lowest BCUT2D eigenvalue weighted by Crippen LogP contribution is -2.07. The number of carboxylic acids is 1. The van der Waals surface area contributed by atoms with Crippen molar-refractivity contribution < 1.29 is 9.90 Å². The first kappa shape index (κ1) is 15.6. The molecule has 1 heterocycles. The lowest BCUT2D eigenvalue weighted by Gasteiger charge is -2.16. The lowest BCUT2D eigenvalue weighted by atomic mass is 10.1. The Bertz CT molecular complexity index is 662. The molecule has 0 aliphatic carbocycles. The van der Waals surface area contributed by atoms with E-state index in [0.29, 0.717) is 5.92 Å². The van der Waals surface area contributed by atoms with E-state index in [0.717, 1.165) is 22.1 Å². The molecule has 4 nitrogen and oxygen atoms in total. The third kappa shape index (κ3) is 3.47. The van der Waals surface area contributed by atoms with E-state index in [1.54, 1.807) is 0 Å². The van der Waals surface area contributed by atoms with Crippen LogP contribution < -0.4 is 0 Å². The Morgan fingerprint density at radius 3 is 2.67 bits per heavy atom. The predicted molar refractivity (Wildman–Crippen MR) is 85.5 cm³/mol. The number of benzene rings is 1. The average molecular weight is 304 g/mol. The number of rotatable bonds is 5. The molecule has 0 saturated carbocycles. The minimum atomic E-state index is -0.832. The normalized spacial score (nSPS) is 11.1. The number of carboxylic acid groups (broad SMARTS) is 1. The lowest BCUT2D eigenvalue weighted by molar-refractivity contribution is -0.133. The zero-order chi connectivity index (χ0) is 15.6. The molecule has 1 aromatic heterocycles. The molecular weight excluding hydrogens is 284 g/mol. The van der Waals surface area contributed by atoms with Gasteiger partial charge in [0.25, 0.3) is 0 Å². The van der Waals surface area contributed by atoms with Gasteiger partial charge in [0.15, 0.2) is 5.16 Å². The van der Waals surface area contributed by atoms with Crippen LogP contribution >= 0.6 is 11.8 Å². The summed E-state index contributed by atoms with van der Waals surface area (Å²) < 4.78 is 2.08. The summed E-state index contributed by atoms with van der Waals surface area (Å²) in [5.74, 6) is -0.502. The molecule has 1 aromatic carbocycles. The standard InChI is InChI=1S/C16H20N2O2S/c1-10(2)14-8-17-16(21-9-15(19)20)18(14)13-6-5-11(3)7-12(13)4/h5-8,10H,9H2,1-4H3,(H,19,20). The molecule has 0 spiro atoms. The zero-order valence-corrected chi connectivity index (χ0v) is 13.6. The number of aliphatic carboxylic acids is 1. The Labute approximate surface area is 129 Å². The van der Waals surface area contributed by atoms with Gasteiger partial charge in [0.1, 0.15) is 0 Å². The van der Waals surface area contributed by atoms with Gasteiger partial charge in [0.05, 0.1) is 17.6 Å². The molecule has 0 bridgehead atoms. The second-order valence-electron chi connectivity index (χ2n) is 5.43. The summed E-state index contributed by atoms with van der Waals surface area (Å²) in [7, 11) is 0. The Kier molecular flexibility index (Phi) is 4.73. The van der Waals surface area contributed by atoms with Gasteiger partial charge in [-0.2, -0.15) is 0 Å². The van der Waals surface area contributed by atoms with Crippen LogP contribution in [0.4, 0.5) is 0 Å². The molecule has 21 heavy (non-hydrogen) atoms. The van der Waals surface area contributed by atoms with E-state index < -0.39 is 5.97 Å². The number of hydrogen-bond acceptors (Lipinski definition) is 3. The summed E-state index contributed by atoms with van der Waals surface area (Å²) in [5.41, 5.74) is 4.53. The van der Waals surface area contributed by atoms with Crippen molar-refractivity contribution in [1.29, 1.82) is 0 Å². The van der Waals surface area contributed by atoms with E-state index in [4.69, 9.17) is 5.11 Å². The molecule has 1 N–H and O–H groups in total. The smallest absolute Gasteiger partial charge is 0.313 e. The SMILES string of the molecule is Cc1ccc(-n2c(C(C)C)cnc2SCC(=O)O)c(C)c1. The largest absolute Gasteiger partial charge is 0.481 e. The highest BCUT2D eigenvalue weighted by atomic mass is 32.2. The summed E-state index contributed by atoms with van der Waals surface area (Å²) in [6.45, 7) is 8.36. The third-order valence-corrected chi connectivity index (χ3v) is 4.20. The number of thioether (sulfide) groups is 1. The minimum Gasteiger partial charge on any atom is -0.481 e. The second kappa shape index (κ2) is 6.35. The van der Waals surface area contributed by atoms with Crippen molar-refractivity contribution in [2.75, 3.05) is 5.75 Å². The van der Waals surface area contributed by atoms with Gasteiger partial charge >= 0.3 is 5.97 Å². The van der Waals surface area contributed by atoms with Crippen molar-refractivity contribution in [3.8, 4) is 5.69 Å². The van der Waals surface area contributed by atoms with Crippen molar-refractivity contribution in [3.05, 3.63) is 41.2 Å². The van der Waals surface area contributed by atoms with E-state index in [1.807, 2.05) is 6.20 Å². The number of imidazole rings is 1. The van der Waals surface area contributed by atoms with E-state index >= 15 is 0 Å². The number of aromatic nitrogens is 2. The van der Waals surface area contributed by atoms with Crippen molar-refractivity contribution in [2.45, 2.75) is 38.8 Å². The maximum atomic E-state index is 10.8. The van der Waals surface area contributed by atoms with E-state index in [1.165, 1.54) is 17.3 Å². The highest BCUT2D eigenvalue weighted by Gasteiger charge is 2.17. The first-order valence-electron chi connectivity index (χ1n) is 6.90. The third-order valence-electron chi connectivity index (χ3n) is 3.27. The van der Waals surface area contributed by atoms with Crippen molar-refractivity contribution >= 4 is 17.7 Å². The Morgan fingerprint density at radius 2 is 2.10 bits per heavy atom. The highest BCUT2D eigenvalue weighted by Crippen LogP contribution is 2.29. The topological polar surface area (TPSA) is 55.1 Å². The van der Waals surface area contributed by atoms with Gasteiger partial charge in [-0.05, 0) is 31.4 Å². The van der Waals surface area contributed by atoms with Crippen LogP contribution in [0.2, 0.25) is 0 Å². The Balaban J connectivity index is 2.52. The number of aryl methyl sites for hydroxylation is 2. The highest BCUT2D eigenvalue weighted by molar-refractivity contribution is 7.99. The van der Waals surface area contributed by atoms with Crippen LogP contribution in [0.1, 0.15) is 36.6 Å². The second-order valence-corrected chi connectivity index (χ2v) is 6.37. The first-order valence-corrected chi connectivity index (χ1v) is 7.88. The molecular formula is C16H20N2O2S. The van der Waals surface area contributed by atoms with Crippen LogP contribution in [-0.4, -0.2) is 26.4 Å². The summed E-state index contributed by atoms with van der Waals surface area (Å²) in [6, 6.07) is 6.27. The Hall–Kier alpha value is -1.75. The summed E-state index contributed by atoms with van der Waals surface area (Å²) in [4.78, 5) is 15.2. The monoisotopic (exact) mass is 304 g/mol. The van der Waals surface area contributed by atoms with Gasteiger partial charge < -0.3 is 5.11 Å². The maximum absolute atomic E-state index is 10.8. The molecule has 0 atom stereocenters. The van der Waals surface area contributed by atoms with E-state index in [-0.39, 0.29) is 5.75 Å². The van der Waals surface area contributed by atoms with E-state index in [2.05, 4.69) is 55.4 Å². The number of nitrogens with zero attached hydrogens (tertiary/aromatic N) is 2. The van der Waals surface area contributed by atoms with Gasteiger partial charge in [0, 0.05) is 5.69 Å². The fourth-order valence-corrected chi connectivity index (χ4v) is 2.99. The zero-order valence-electron chi connectivity index (χ0n) is 12.8. The summed E-state index contributed by atoms with van der Waals surface area (Å²) >= 11 is 1.25. The molecule has 0 radical (unpaired) electrons. The summed E-state index contributed by atoms with van der Waals surface area (Å²) in [5, 5.41) is 9.62. The molecule has 0 aliphatic rings. The Morgan fingerprint density at radius 1 is 1.38 bits per heavy atom. The molecule has 112 valence electrons. The van der Waals surface area contributed by atoms with Crippen LogP contribution in [-0.2, 0) is 4.79 Å². The molecule has 0 fully saturated rings. The quantitative estimate of drug-likeness (QED) is 0.854. The maximum Gasteiger partial charge on any atom is 0.313 e. The van der Waals surface area contributed by atoms with Gasteiger partial charge in [0.2, 0.25) is 0 Å². The van der Waals surface area contributed by atoms with Crippen molar-refractivity contribution in [3.63, 3.8) is 0 Å². The molecule has 0 amide bonds. The average Bonchev–Trinajstić information content (AvgIpc) is 2.80. The molecule has 0 saturated heterocycles. The number of carbonyl (C=O) groups is 1. The van der Waals surface area contributed by atoms with Crippen LogP contribution in [0.3, 0.4) is 0 Å². The molecule has 0 unspecified atom stereocenters. The first-order chi connectivity index (χ1) is 9.90. The number of hydrogen-bond donors (Lipinski definition) is 1. The molecule has 2 aromatic rings. The fourth-order valence-electron chi connectivity index (χ4n) is 2.28. The van der Waals surface area contributed by atoms with Crippen molar-refractivity contribution in [2.24, 2.45) is 0 Å². The molecule has 5 heteroatoms. The van der Waals surface area contributed by atoms with Crippen LogP contribution in [0.15, 0.2) is 29.6 Å². The minimum absolute atomic E-state index is 0.0134. The predicted octanol–water partition coefficient (Wildman–Crippen LogP) is 3.79. The van der Waals surface area contributed by atoms with Crippen LogP contribution in [0, 0.1) is 13.8 Å². The van der Waals surface area contributed by atoms with E-state index in [9.17, 15) is 4.79 Å². The van der Waals surface area contributed by atoms with Crippen molar-refractivity contribution in [1.82, 2.24) is 9.55 Å². The van der Waals surface area contributed by atoms with Crippen LogP contribution in [0.25, 0.3) is 5.69 Å². The van der Waals surface area contributed by atoms with Gasteiger partial charge in [-0.3, -0.25) is 9.36 Å². The van der Waals surface area contributed by atoms with Gasteiger partial charge in [-0.15, -0.1) is 0 Å². The summed E-state index contributed by atoms with van der Waals surface area (Å²) in [6.07, 6.45) is 1.84. The molecule has 0 aliphatic heterocycles. The fraction of sp³-hybridized carbons (Fsp3) is 0.375. The van der Waals surface area contributed by atoms with Crippen LogP contribution in [0.5, 0.6) is 0 Å². The molecule has 2 rings (SSSR count). The van der Waals surface area contributed by atoms with Gasteiger partial charge in [-0.1, -0.05) is 43.3 Å².